The van der Waals surface area contributed by atoms with Crippen molar-refractivity contribution in [3.8, 4) is 0 Å². The topological polar surface area (TPSA) is 12.0 Å². The van der Waals surface area contributed by atoms with Crippen LogP contribution in [-0.2, 0) is 0 Å². The molecule has 0 fully saturated rings. The molecule has 0 spiro atoms. The first-order chi connectivity index (χ1) is 10.2. The molecular formula is C18H22FNS. The molecule has 0 aliphatic heterocycles. The molecule has 21 heavy (non-hydrogen) atoms. The Balaban J connectivity index is 2.16. The van der Waals surface area contributed by atoms with E-state index in [0.29, 0.717) is 5.92 Å². The highest BCUT2D eigenvalue weighted by molar-refractivity contribution is 7.98. The molecular weight excluding hydrogens is 281 g/mol. The second-order valence-corrected chi connectivity index (χ2v) is 6.27. The van der Waals surface area contributed by atoms with E-state index in [4.69, 9.17) is 0 Å². The van der Waals surface area contributed by atoms with Crippen molar-refractivity contribution >= 4 is 11.8 Å². The van der Waals surface area contributed by atoms with Crippen molar-refractivity contribution in [1.82, 2.24) is 5.32 Å². The number of nitrogens with one attached hydrogen (secondary N) is 1. The van der Waals surface area contributed by atoms with Crippen molar-refractivity contribution in [3.63, 3.8) is 0 Å². The fourth-order valence-corrected chi connectivity index (χ4v) is 3.08. The average molecular weight is 303 g/mol. The van der Waals surface area contributed by atoms with Gasteiger partial charge in [-0.15, -0.1) is 0 Å². The van der Waals surface area contributed by atoms with Crippen molar-refractivity contribution in [3.05, 3.63) is 71.5 Å². The van der Waals surface area contributed by atoms with E-state index in [2.05, 4.69) is 30.6 Å². The Morgan fingerprint density at radius 1 is 1.00 bits per heavy atom. The van der Waals surface area contributed by atoms with Gasteiger partial charge in [-0.1, -0.05) is 49.4 Å². The van der Waals surface area contributed by atoms with Gasteiger partial charge in [0.1, 0.15) is 5.82 Å². The molecule has 0 bridgehead atoms. The van der Waals surface area contributed by atoms with Crippen molar-refractivity contribution < 1.29 is 4.39 Å². The van der Waals surface area contributed by atoms with Crippen LogP contribution in [0.5, 0.6) is 0 Å². The molecule has 0 aliphatic rings. The summed E-state index contributed by atoms with van der Waals surface area (Å²) in [5, 5.41) is 3.62. The standard InChI is InChI=1S/C18H22FNS/c1-14(13-21-2)12-20-18(15-6-4-3-5-7-15)16-8-10-17(19)11-9-16/h3-11,14,18,20H,12-13H2,1-2H3. The maximum atomic E-state index is 13.1. The zero-order valence-corrected chi connectivity index (χ0v) is 13.4. The predicted molar refractivity (Wildman–Crippen MR) is 90.2 cm³/mol. The van der Waals surface area contributed by atoms with E-state index in [0.717, 1.165) is 17.9 Å². The van der Waals surface area contributed by atoms with Gasteiger partial charge < -0.3 is 5.32 Å². The van der Waals surface area contributed by atoms with E-state index in [1.807, 2.05) is 42.1 Å². The number of rotatable bonds is 7. The van der Waals surface area contributed by atoms with Crippen molar-refractivity contribution in [1.29, 1.82) is 0 Å². The summed E-state index contributed by atoms with van der Waals surface area (Å²) in [6, 6.07) is 17.2. The van der Waals surface area contributed by atoms with Gasteiger partial charge in [0.25, 0.3) is 0 Å². The van der Waals surface area contributed by atoms with Crippen molar-refractivity contribution in [2.45, 2.75) is 13.0 Å². The van der Waals surface area contributed by atoms with Crippen LogP contribution in [0, 0.1) is 11.7 Å². The number of benzene rings is 2. The maximum Gasteiger partial charge on any atom is 0.123 e. The summed E-state index contributed by atoms with van der Waals surface area (Å²) in [5.41, 5.74) is 2.31. The number of thioether (sulfide) groups is 1. The minimum atomic E-state index is -0.193. The third-order valence-electron chi connectivity index (χ3n) is 3.46. The molecule has 2 unspecified atom stereocenters. The molecule has 0 radical (unpaired) electrons. The Bertz CT molecular complexity index is 527. The normalized spacial score (nSPS) is 13.9. The van der Waals surface area contributed by atoms with Crippen molar-refractivity contribution in [2.75, 3.05) is 18.6 Å². The fourth-order valence-electron chi connectivity index (χ4n) is 2.39. The zero-order chi connectivity index (χ0) is 15.1. The maximum absolute atomic E-state index is 13.1. The van der Waals surface area contributed by atoms with Gasteiger partial charge in [0.15, 0.2) is 0 Å². The minimum absolute atomic E-state index is 0.108. The molecule has 0 aliphatic carbocycles. The summed E-state index contributed by atoms with van der Waals surface area (Å²) in [6.07, 6.45) is 2.13. The predicted octanol–water partition coefficient (Wildman–Crippen LogP) is 4.50. The molecule has 1 nitrogen and oxygen atoms in total. The number of halogens is 1. The van der Waals surface area contributed by atoms with Gasteiger partial charge >= 0.3 is 0 Å². The summed E-state index contributed by atoms with van der Waals surface area (Å²) in [7, 11) is 0. The molecule has 1 N–H and O–H groups in total. The van der Waals surface area contributed by atoms with Crippen LogP contribution >= 0.6 is 11.8 Å². The first kappa shape index (κ1) is 16.1. The van der Waals surface area contributed by atoms with Crippen LogP contribution in [0.1, 0.15) is 24.1 Å². The highest BCUT2D eigenvalue weighted by atomic mass is 32.2. The highest BCUT2D eigenvalue weighted by Gasteiger charge is 2.14. The molecule has 2 rings (SSSR count). The molecule has 0 saturated carbocycles. The third-order valence-corrected chi connectivity index (χ3v) is 4.36. The molecule has 0 saturated heterocycles. The van der Waals surface area contributed by atoms with Gasteiger partial charge in [-0.3, -0.25) is 0 Å². The number of hydrogen-bond acceptors (Lipinski definition) is 2. The monoisotopic (exact) mass is 303 g/mol. The van der Waals surface area contributed by atoms with Gasteiger partial charge in [0, 0.05) is 0 Å². The molecule has 2 aromatic carbocycles. The Hall–Kier alpha value is -1.32. The average Bonchev–Trinajstić information content (AvgIpc) is 2.50. The summed E-state index contributed by atoms with van der Waals surface area (Å²) < 4.78 is 13.1. The van der Waals surface area contributed by atoms with E-state index in [1.54, 1.807) is 0 Å². The van der Waals surface area contributed by atoms with Gasteiger partial charge in [0.05, 0.1) is 6.04 Å². The Labute approximate surface area is 131 Å². The van der Waals surface area contributed by atoms with Crippen molar-refractivity contribution in [2.24, 2.45) is 5.92 Å². The Morgan fingerprint density at radius 2 is 1.62 bits per heavy atom. The van der Waals surface area contributed by atoms with Crippen LogP contribution in [0.25, 0.3) is 0 Å². The van der Waals surface area contributed by atoms with Gasteiger partial charge in [-0.05, 0) is 47.7 Å². The zero-order valence-electron chi connectivity index (χ0n) is 12.6. The molecule has 112 valence electrons. The van der Waals surface area contributed by atoms with E-state index in [9.17, 15) is 4.39 Å². The van der Waals surface area contributed by atoms with Gasteiger partial charge in [0.2, 0.25) is 0 Å². The number of hydrogen-bond donors (Lipinski definition) is 1. The second-order valence-electron chi connectivity index (χ2n) is 5.36. The van der Waals surface area contributed by atoms with Gasteiger partial charge in [-0.2, -0.15) is 11.8 Å². The van der Waals surface area contributed by atoms with Crippen LogP contribution in [0.2, 0.25) is 0 Å². The molecule has 0 aromatic heterocycles. The van der Waals surface area contributed by atoms with E-state index >= 15 is 0 Å². The summed E-state index contributed by atoms with van der Waals surface area (Å²) in [4.78, 5) is 0. The molecule has 0 heterocycles. The lowest BCUT2D eigenvalue weighted by Gasteiger charge is -2.22. The van der Waals surface area contributed by atoms with E-state index < -0.39 is 0 Å². The van der Waals surface area contributed by atoms with Gasteiger partial charge in [-0.25, -0.2) is 4.39 Å². The minimum Gasteiger partial charge on any atom is -0.306 e. The Morgan fingerprint density at radius 3 is 2.24 bits per heavy atom. The van der Waals surface area contributed by atoms with Crippen LogP contribution in [0.4, 0.5) is 4.39 Å². The molecule has 2 atom stereocenters. The second kappa shape index (κ2) is 8.20. The first-order valence-corrected chi connectivity index (χ1v) is 8.63. The lowest BCUT2D eigenvalue weighted by Crippen LogP contribution is -2.28. The summed E-state index contributed by atoms with van der Waals surface area (Å²) >= 11 is 1.87. The largest absolute Gasteiger partial charge is 0.306 e. The molecule has 3 heteroatoms. The SMILES string of the molecule is CSCC(C)CNC(c1ccccc1)c1ccc(F)cc1. The lowest BCUT2D eigenvalue weighted by atomic mass is 9.98. The summed E-state index contributed by atoms with van der Waals surface area (Å²) in [6.45, 7) is 3.19. The molecule has 0 amide bonds. The molecule has 2 aromatic rings. The van der Waals surface area contributed by atoms with Crippen LogP contribution < -0.4 is 5.32 Å². The smallest absolute Gasteiger partial charge is 0.123 e. The fraction of sp³-hybridized carbons (Fsp3) is 0.333. The highest BCUT2D eigenvalue weighted by Crippen LogP contribution is 2.22. The Kier molecular flexibility index (Phi) is 6.27. The quantitative estimate of drug-likeness (QED) is 0.808. The van der Waals surface area contributed by atoms with E-state index in [1.165, 1.54) is 17.7 Å². The first-order valence-electron chi connectivity index (χ1n) is 7.23. The lowest BCUT2D eigenvalue weighted by molar-refractivity contribution is 0.517. The van der Waals surface area contributed by atoms with Crippen LogP contribution in [0.3, 0.4) is 0 Å². The van der Waals surface area contributed by atoms with Crippen LogP contribution in [0.15, 0.2) is 54.6 Å². The third kappa shape index (κ3) is 4.87. The van der Waals surface area contributed by atoms with E-state index in [-0.39, 0.29) is 11.9 Å². The summed E-state index contributed by atoms with van der Waals surface area (Å²) in [5.74, 6) is 1.55. The van der Waals surface area contributed by atoms with Crippen LogP contribution in [-0.4, -0.2) is 18.6 Å².